The molecule has 2 N–H and O–H groups in total. The van der Waals surface area contributed by atoms with Crippen molar-refractivity contribution in [3.8, 4) is 5.75 Å². The molecule has 114 valence electrons. The Kier molecular flexibility index (Phi) is 4.70. The van der Waals surface area contributed by atoms with Crippen molar-refractivity contribution < 1.29 is 9.84 Å². The Morgan fingerprint density at radius 2 is 2.24 bits per heavy atom. The monoisotopic (exact) mass is 307 g/mol. The largest absolute Gasteiger partial charge is 0.491 e. The maximum atomic E-state index is 10.1. The van der Waals surface area contributed by atoms with E-state index in [1.807, 2.05) is 25.1 Å². The number of β-amino-alcohol motifs (C(OH)–C–C–N with tert-alkyl or cyclic N) is 1. The van der Waals surface area contributed by atoms with Gasteiger partial charge in [-0.05, 0) is 25.1 Å². The number of nitrogens with zero attached hydrogens (tertiary/aromatic N) is 2. The molecular formula is C15H21N3O2S. The van der Waals surface area contributed by atoms with Gasteiger partial charge < -0.3 is 15.2 Å². The topological polar surface area (TPSA) is 57.6 Å². The second kappa shape index (κ2) is 6.70. The molecule has 0 saturated carbocycles. The highest BCUT2D eigenvalue weighted by molar-refractivity contribution is 7.18. The van der Waals surface area contributed by atoms with E-state index in [-0.39, 0.29) is 0 Å². The van der Waals surface area contributed by atoms with Gasteiger partial charge in [-0.2, -0.15) is 0 Å². The summed E-state index contributed by atoms with van der Waals surface area (Å²) in [4.78, 5) is 6.69. The molecule has 2 aromatic rings. The van der Waals surface area contributed by atoms with Crippen molar-refractivity contribution in [3.05, 3.63) is 23.2 Å². The lowest BCUT2D eigenvalue weighted by Crippen LogP contribution is -2.47. The molecule has 21 heavy (non-hydrogen) atoms. The Bertz CT molecular complexity index is 596. The second-order valence-electron chi connectivity index (χ2n) is 5.38. The van der Waals surface area contributed by atoms with Crippen LogP contribution in [0.3, 0.4) is 0 Å². The molecule has 1 saturated heterocycles. The summed E-state index contributed by atoms with van der Waals surface area (Å²) in [7, 11) is 0. The van der Waals surface area contributed by atoms with Crippen LogP contribution in [0.4, 0.5) is 0 Å². The van der Waals surface area contributed by atoms with E-state index in [9.17, 15) is 5.11 Å². The van der Waals surface area contributed by atoms with Crippen molar-refractivity contribution in [3.63, 3.8) is 0 Å². The lowest BCUT2D eigenvalue weighted by atomic mass is 10.3. The van der Waals surface area contributed by atoms with Crippen molar-refractivity contribution in [1.29, 1.82) is 0 Å². The van der Waals surface area contributed by atoms with Gasteiger partial charge in [-0.3, -0.25) is 4.90 Å². The third-order valence-corrected chi connectivity index (χ3v) is 4.52. The number of benzene rings is 1. The third-order valence-electron chi connectivity index (χ3n) is 3.59. The summed E-state index contributed by atoms with van der Waals surface area (Å²) in [5.41, 5.74) is 1.01. The number of rotatable bonds is 5. The van der Waals surface area contributed by atoms with Gasteiger partial charge in [-0.15, -0.1) is 11.3 Å². The van der Waals surface area contributed by atoms with Crippen molar-refractivity contribution in [2.45, 2.75) is 13.0 Å². The second-order valence-corrected chi connectivity index (χ2v) is 6.61. The van der Waals surface area contributed by atoms with Gasteiger partial charge in [0, 0.05) is 32.7 Å². The van der Waals surface area contributed by atoms with Crippen molar-refractivity contribution >= 4 is 21.6 Å². The van der Waals surface area contributed by atoms with E-state index in [1.165, 1.54) is 0 Å². The van der Waals surface area contributed by atoms with E-state index in [4.69, 9.17) is 4.74 Å². The molecular weight excluding hydrogens is 286 g/mol. The van der Waals surface area contributed by atoms with E-state index in [2.05, 4.69) is 15.2 Å². The van der Waals surface area contributed by atoms with Gasteiger partial charge >= 0.3 is 0 Å². The van der Waals surface area contributed by atoms with Crippen LogP contribution in [0.25, 0.3) is 10.2 Å². The van der Waals surface area contributed by atoms with Crippen LogP contribution in [0.1, 0.15) is 5.01 Å². The minimum atomic E-state index is -0.456. The Hall–Kier alpha value is -1.21. The number of aryl methyl sites for hydroxylation is 1. The highest BCUT2D eigenvalue weighted by atomic mass is 32.1. The molecule has 6 heteroatoms. The average molecular weight is 307 g/mol. The first-order chi connectivity index (χ1) is 10.2. The van der Waals surface area contributed by atoms with Crippen molar-refractivity contribution in [1.82, 2.24) is 15.2 Å². The summed E-state index contributed by atoms with van der Waals surface area (Å²) < 4.78 is 6.84. The molecule has 1 aromatic heterocycles. The van der Waals surface area contributed by atoms with Crippen LogP contribution in [0.2, 0.25) is 0 Å². The van der Waals surface area contributed by atoms with Gasteiger partial charge in [0.25, 0.3) is 0 Å². The van der Waals surface area contributed by atoms with Gasteiger partial charge in [0.2, 0.25) is 0 Å². The summed E-state index contributed by atoms with van der Waals surface area (Å²) >= 11 is 1.66. The molecule has 0 bridgehead atoms. The van der Waals surface area contributed by atoms with Gasteiger partial charge in [-0.25, -0.2) is 4.98 Å². The number of piperazine rings is 1. The highest BCUT2D eigenvalue weighted by Gasteiger charge is 2.14. The normalized spacial score (nSPS) is 18.0. The number of ether oxygens (including phenoxy) is 1. The molecule has 1 atom stereocenters. The van der Waals surface area contributed by atoms with E-state index < -0.39 is 6.10 Å². The van der Waals surface area contributed by atoms with Crippen molar-refractivity contribution in [2.24, 2.45) is 0 Å². The van der Waals surface area contributed by atoms with E-state index >= 15 is 0 Å². The fraction of sp³-hybridized carbons (Fsp3) is 0.533. The molecule has 1 aromatic carbocycles. The van der Waals surface area contributed by atoms with Crippen LogP contribution in [0, 0.1) is 6.92 Å². The van der Waals surface area contributed by atoms with Crippen LogP contribution in [-0.2, 0) is 0 Å². The van der Waals surface area contributed by atoms with Gasteiger partial charge in [-0.1, -0.05) is 0 Å². The highest BCUT2D eigenvalue weighted by Crippen LogP contribution is 2.25. The number of aromatic nitrogens is 1. The zero-order chi connectivity index (χ0) is 14.7. The number of nitrogens with one attached hydrogen (secondary N) is 1. The molecule has 1 fully saturated rings. The quantitative estimate of drug-likeness (QED) is 0.871. The lowest BCUT2D eigenvalue weighted by Gasteiger charge is -2.28. The van der Waals surface area contributed by atoms with Crippen LogP contribution in [-0.4, -0.2) is 60.4 Å². The molecule has 0 radical (unpaired) electrons. The molecule has 0 aliphatic carbocycles. The molecule has 1 aliphatic rings. The van der Waals surface area contributed by atoms with Gasteiger partial charge in [0.15, 0.2) is 0 Å². The molecule has 0 spiro atoms. The van der Waals surface area contributed by atoms with Crippen LogP contribution >= 0.6 is 11.3 Å². The van der Waals surface area contributed by atoms with Crippen molar-refractivity contribution in [2.75, 3.05) is 39.3 Å². The molecule has 5 nitrogen and oxygen atoms in total. The average Bonchev–Trinajstić information content (AvgIpc) is 2.85. The Balaban J connectivity index is 1.52. The lowest BCUT2D eigenvalue weighted by molar-refractivity contribution is 0.0642. The summed E-state index contributed by atoms with van der Waals surface area (Å²) in [6, 6.07) is 5.88. The number of hydrogen-bond donors (Lipinski definition) is 2. The number of aliphatic hydroxyl groups excluding tert-OH is 1. The van der Waals surface area contributed by atoms with Crippen LogP contribution in [0.15, 0.2) is 18.2 Å². The maximum absolute atomic E-state index is 10.1. The molecule has 0 amide bonds. The van der Waals surface area contributed by atoms with E-state index in [1.54, 1.807) is 11.3 Å². The zero-order valence-electron chi connectivity index (χ0n) is 12.2. The SMILES string of the molecule is Cc1nc2ccc(OCC(O)CN3CCNCC3)cc2s1. The fourth-order valence-corrected chi connectivity index (χ4v) is 3.40. The first-order valence-electron chi connectivity index (χ1n) is 7.32. The van der Waals surface area contributed by atoms with E-state index in [0.717, 1.165) is 47.2 Å². The minimum absolute atomic E-state index is 0.327. The van der Waals surface area contributed by atoms with Crippen LogP contribution in [0.5, 0.6) is 5.75 Å². The van der Waals surface area contributed by atoms with Gasteiger partial charge in [0.1, 0.15) is 18.5 Å². The minimum Gasteiger partial charge on any atom is -0.491 e. The predicted molar refractivity (Wildman–Crippen MR) is 85.2 cm³/mol. The Labute approximate surface area is 128 Å². The first kappa shape index (κ1) is 14.7. The van der Waals surface area contributed by atoms with Crippen LogP contribution < -0.4 is 10.1 Å². The van der Waals surface area contributed by atoms with Gasteiger partial charge in [0.05, 0.1) is 15.2 Å². The Morgan fingerprint density at radius 3 is 3.05 bits per heavy atom. The number of hydrogen-bond acceptors (Lipinski definition) is 6. The standard InChI is InChI=1S/C15H21N3O2S/c1-11-17-14-3-2-13(8-15(14)21-11)20-10-12(19)9-18-6-4-16-5-7-18/h2-3,8,12,16,19H,4-7,9-10H2,1H3. The maximum Gasteiger partial charge on any atom is 0.121 e. The number of aliphatic hydroxyl groups is 1. The molecule has 1 aliphatic heterocycles. The smallest absolute Gasteiger partial charge is 0.121 e. The predicted octanol–water partition coefficient (Wildman–Crippen LogP) is 1.25. The number of fused-ring (bicyclic) bond motifs is 1. The Morgan fingerprint density at radius 1 is 1.43 bits per heavy atom. The summed E-state index contributed by atoms with van der Waals surface area (Å²) in [6.45, 7) is 6.97. The zero-order valence-corrected chi connectivity index (χ0v) is 13.0. The fourth-order valence-electron chi connectivity index (χ4n) is 2.55. The summed E-state index contributed by atoms with van der Waals surface area (Å²) in [5.74, 6) is 0.797. The van der Waals surface area contributed by atoms with E-state index in [0.29, 0.717) is 13.2 Å². The molecule has 2 heterocycles. The number of thiazole rings is 1. The molecule has 3 rings (SSSR count). The first-order valence-corrected chi connectivity index (χ1v) is 8.13. The molecule has 1 unspecified atom stereocenters. The summed E-state index contributed by atoms with van der Waals surface area (Å²) in [5, 5.41) is 14.4. The summed E-state index contributed by atoms with van der Waals surface area (Å²) in [6.07, 6.45) is -0.456. The third kappa shape index (κ3) is 3.91.